The van der Waals surface area contributed by atoms with Gasteiger partial charge in [-0.3, -0.25) is 4.79 Å². The van der Waals surface area contributed by atoms with Crippen LogP contribution in [0, 0.1) is 0 Å². The molecule has 11 heavy (non-hydrogen) atoms. The van der Waals surface area contributed by atoms with E-state index in [-0.39, 0.29) is 5.76 Å². The molecule has 2 aliphatic rings. The summed E-state index contributed by atoms with van der Waals surface area (Å²) >= 11 is 0. The first-order valence-electron chi connectivity index (χ1n) is 3.36. The van der Waals surface area contributed by atoms with Crippen LogP contribution in [0.4, 0.5) is 0 Å². The third-order valence-electron chi connectivity index (χ3n) is 1.60. The van der Waals surface area contributed by atoms with Crippen molar-refractivity contribution in [2.75, 3.05) is 0 Å². The Balaban J connectivity index is 2.37. The Morgan fingerprint density at radius 2 is 2.09 bits per heavy atom. The Morgan fingerprint density at radius 3 is 2.64 bits per heavy atom. The zero-order chi connectivity index (χ0) is 7.84. The van der Waals surface area contributed by atoms with Crippen LogP contribution >= 0.6 is 0 Å². The van der Waals surface area contributed by atoms with E-state index < -0.39 is 5.91 Å². The number of azo groups is 1. The Kier molecular flexibility index (Phi) is 1.15. The minimum atomic E-state index is -0.657. The van der Waals surface area contributed by atoms with Crippen molar-refractivity contribution in [2.24, 2.45) is 10.2 Å². The molecule has 2 rings (SSSR count). The number of hydrogen-bond acceptors (Lipinski definition) is 3. The van der Waals surface area contributed by atoms with Crippen molar-refractivity contribution in [1.82, 2.24) is 0 Å². The van der Waals surface area contributed by atoms with Gasteiger partial charge in [-0.05, 0) is 18.4 Å². The van der Waals surface area contributed by atoms with Crippen LogP contribution in [0.1, 0.15) is 12.8 Å². The molecule has 4 heteroatoms. The Hall–Kier alpha value is -1.45. The molecule has 0 bridgehead atoms. The molecule has 0 aromatic carbocycles. The summed E-state index contributed by atoms with van der Waals surface area (Å²) in [6.45, 7) is 0. The van der Waals surface area contributed by atoms with Crippen molar-refractivity contribution in [3.63, 3.8) is 0 Å². The van der Waals surface area contributed by atoms with E-state index in [1.165, 1.54) is 6.08 Å². The van der Waals surface area contributed by atoms with Crippen LogP contribution in [-0.2, 0) is 4.79 Å². The summed E-state index contributed by atoms with van der Waals surface area (Å²) in [5.74, 6) is -0.968. The quantitative estimate of drug-likeness (QED) is 0.568. The molecule has 0 atom stereocenters. The predicted molar refractivity (Wildman–Crippen MR) is 36.8 cm³/mol. The molecule has 0 radical (unpaired) electrons. The minimum absolute atomic E-state index is 0.311. The monoisotopic (exact) mass is 150 g/mol. The molecule has 1 N–H and O–H groups in total. The van der Waals surface area contributed by atoms with E-state index in [9.17, 15) is 4.79 Å². The summed E-state index contributed by atoms with van der Waals surface area (Å²) < 4.78 is 0. The summed E-state index contributed by atoms with van der Waals surface area (Å²) in [6, 6.07) is 0. The number of rotatable bonds is 0. The average Bonchev–Trinajstić information content (AvgIpc) is 2.77. The van der Waals surface area contributed by atoms with Gasteiger partial charge in [-0.1, -0.05) is 0 Å². The van der Waals surface area contributed by atoms with E-state index in [0.717, 1.165) is 18.4 Å². The number of nitrogens with zero attached hydrogens (tertiary/aromatic N) is 2. The van der Waals surface area contributed by atoms with Crippen molar-refractivity contribution in [2.45, 2.75) is 12.8 Å². The van der Waals surface area contributed by atoms with Gasteiger partial charge >= 0.3 is 5.91 Å². The first-order valence-corrected chi connectivity index (χ1v) is 3.36. The van der Waals surface area contributed by atoms with E-state index in [1.54, 1.807) is 0 Å². The molecule has 4 nitrogen and oxygen atoms in total. The summed E-state index contributed by atoms with van der Waals surface area (Å²) in [4.78, 5) is 10.6. The molecule has 1 aliphatic heterocycles. The Morgan fingerprint density at radius 1 is 1.36 bits per heavy atom. The van der Waals surface area contributed by atoms with Gasteiger partial charge in [-0.15, -0.1) is 10.2 Å². The van der Waals surface area contributed by atoms with E-state index >= 15 is 0 Å². The van der Waals surface area contributed by atoms with Gasteiger partial charge in [0.2, 0.25) is 0 Å². The zero-order valence-corrected chi connectivity index (χ0v) is 5.74. The van der Waals surface area contributed by atoms with Gasteiger partial charge in [0.25, 0.3) is 0 Å². The van der Waals surface area contributed by atoms with Gasteiger partial charge in [0.15, 0.2) is 5.76 Å². The largest absolute Gasteiger partial charge is 0.503 e. The lowest BCUT2D eigenvalue weighted by molar-refractivity contribution is -0.117. The van der Waals surface area contributed by atoms with Crippen LogP contribution in [0.3, 0.4) is 0 Å². The molecular formula is C7H6N2O2. The van der Waals surface area contributed by atoms with Gasteiger partial charge in [-0.25, -0.2) is 0 Å². The number of amides is 1. The SMILES string of the molecule is O=C1N=NC(=C2CC2)C=C1O. The van der Waals surface area contributed by atoms with Gasteiger partial charge in [0.1, 0.15) is 0 Å². The van der Waals surface area contributed by atoms with E-state index in [2.05, 4.69) is 10.2 Å². The fourth-order valence-corrected chi connectivity index (χ4v) is 0.862. The third kappa shape index (κ3) is 1.07. The summed E-state index contributed by atoms with van der Waals surface area (Å²) in [5, 5.41) is 15.9. The van der Waals surface area contributed by atoms with Crippen molar-refractivity contribution in [1.29, 1.82) is 0 Å². The highest BCUT2D eigenvalue weighted by atomic mass is 16.3. The van der Waals surface area contributed by atoms with Crippen LogP contribution in [0.5, 0.6) is 0 Å². The first kappa shape index (κ1) is 6.27. The number of allylic oxidation sites excluding steroid dienone is 2. The second kappa shape index (κ2) is 2.02. The number of aliphatic hydroxyl groups excluding tert-OH is 1. The maximum absolute atomic E-state index is 10.6. The number of aliphatic hydroxyl groups is 1. The van der Waals surface area contributed by atoms with Crippen LogP contribution < -0.4 is 0 Å². The van der Waals surface area contributed by atoms with Crippen LogP contribution in [0.2, 0.25) is 0 Å². The highest BCUT2D eigenvalue weighted by Crippen LogP contribution is 2.34. The number of carbonyl (C=O) groups is 1. The predicted octanol–water partition coefficient (Wildman–Crippen LogP) is 1.47. The van der Waals surface area contributed by atoms with Crippen molar-refractivity contribution in [3.8, 4) is 0 Å². The molecule has 0 aromatic rings. The van der Waals surface area contributed by atoms with Crippen LogP contribution in [0.25, 0.3) is 0 Å². The van der Waals surface area contributed by atoms with E-state index in [0.29, 0.717) is 5.70 Å². The first-order chi connectivity index (χ1) is 5.27. The zero-order valence-electron chi connectivity index (χ0n) is 5.74. The summed E-state index contributed by atoms with van der Waals surface area (Å²) in [7, 11) is 0. The maximum Gasteiger partial charge on any atom is 0.330 e. The summed E-state index contributed by atoms with van der Waals surface area (Å²) in [5.41, 5.74) is 1.81. The number of hydrogen-bond donors (Lipinski definition) is 1. The molecule has 0 saturated heterocycles. The molecule has 1 fully saturated rings. The van der Waals surface area contributed by atoms with Gasteiger partial charge in [-0.2, -0.15) is 0 Å². The van der Waals surface area contributed by atoms with Crippen LogP contribution in [0.15, 0.2) is 33.3 Å². The van der Waals surface area contributed by atoms with Gasteiger partial charge in [0.05, 0.1) is 5.70 Å². The molecule has 1 saturated carbocycles. The molecule has 0 aromatic heterocycles. The molecule has 1 amide bonds. The third-order valence-corrected chi connectivity index (χ3v) is 1.60. The Labute approximate surface area is 62.9 Å². The molecule has 0 unspecified atom stereocenters. The lowest BCUT2D eigenvalue weighted by Crippen LogP contribution is -2.01. The highest BCUT2D eigenvalue weighted by Gasteiger charge is 2.21. The topological polar surface area (TPSA) is 62.0 Å². The van der Waals surface area contributed by atoms with Crippen molar-refractivity contribution in [3.05, 3.63) is 23.1 Å². The number of carbonyl (C=O) groups excluding carboxylic acids is 1. The van der Waals surface area contributed by atoms with E-state index in [1.807, 2.05) is 0 Å². The Bertz CT molecular complexity index is 306. The molecule has 0 spiro atoms. The smallest absolute Gasteiger partial charge is 0.330 e. The standard InChI is InChI=1S/C7H6N2O2/c10-6-3-5(4-1-2-4)8-9-7(6)11/h3,10H,1-2H2. The van der Waals surface area contributed by atoms with Crippen molar-refractivity contribution < 1.29 is 9.90 Å². The van der Waals surface area contributed by atoms with E-state index in [4.69, 9.17) is 5.11 Å². The van der Waals surface area contributed by atoms with Gasteiger partial charge < -0.3 is 5.11 Å². The summed E-state index contributed by atoms with van der Waals surface area (Å²) in [6.07, 6.45) is 3.39. The molecule has 56 valence electrons. The highest BCUT2D eigenvalue weighted by molar-refractivity contribution is 5.92. The van der Waals surface area contributed by atoms with Gasteiger partial charge in [0, 0.05) is 6.08 Å². The molecular weight excluding hydrogens is 144 g/mol. The normalized spacial score (nSPS) is 22.2. The molecule has 1 heterocycles. The lowest BCUT2D eigenvalue weighted by atomic mass is 10.3. The second-order valence-electron chi connectivity index (χ2n) is 2.52. The minimum Gasteiger partial charge on any atom is -0.503 e. The average molecular weight is 150 g/mol. The maximum atomic E-state index is 10.6. The van der Waals surface area contributed by atoms with Crippen molar-refractivity contribution >= 4 is 5.91 Å². The lowest BCUT2D eigenvalue weighted by Gasteiger charge is -1.99. The molecule has 1 aliphatic carbocycles. The van der Waals surface area contributed by atoms with Crippen LogP contribution in [-0.4, -0.2) is 11.0 Å². The second-order valence-corrected chi connectivity index (χ2v) is 2.52. The fourth-order valence-electron chi connectivity index (χ4n) is 0.862. The fraction of sp³-hybridized carbons (Fsp3) is 0.286.